The van der Waals surface area contributed by atoms with E-state index in [1.54, 1.807) is 13.1 Å². The van der Waals surface area contributed by atoms with Crippen LogP contribution in [0.3, 0.4) is 0 Å². The number of nitrogens with zero attached hydrogens (tertiary/aromatic N) is 5. The number of para-hydroxylation sites is 1. The van der Waals surface area contributed by atoms with Crippen molar-refractivity contribution in [1.82, 2.24) is 19.9 Å². The topological polar surface area (TPSA) is 102 Å². The molecule has 4 rings (SSSR count). The zero-order valence-corrected chi connectivity index (χ0v) is 17.6. The number of benzene rings is 1. The van der Waals surface area contributed by atoms with Crippen molar-refractivity contribution < 1.29 is 14.3 Å². The van der Waals surface area contributed by atoms with Crippen LogP contribution in [-0.2, 0) is 4.74 Å². The van der Waals surface area contributed by atoms with Crippen LogP contribution in [0.15, 0.2) is 48.7 Å². The third kappa shape index (κ3) is 4.71. The van der Waals surface area contributed by atoms with Gasteiger partial charge in [0.15, 0.2) is 0 Å². The van der Waals surface area contributed by atoms with Crippen molar-refractivity contribution in [3.8, 4) is 11.5 Å². The van der Waals surface area contributed by atoms with Crippen molar-refractivity contribution in [2.45, 2.75) is 39.3 Å². The molecule has 1 saturated heterocycles. The van der Waals surface area contributed by atoms with Crippen LogP contribution in [0.25, 0.3) is 0 Å². The lowest BCUT2D eigenvalue weighted by Gasteiger charge is -2.19. The Hall–Kier alpha value is -3.75. The minimum atomic E-state index is -0.438. The van der Waals surface area contributed by atoms with Crippen LogP contribution < -0.4 is 15.0 Å². The number of ether oxygens (including phenoxy) is 2. The van der Waals surface area contributed by atoms with Crippen molar-refractivity contribution in [1.29, 1.82) is 0 Å². The lowest BCUT2D eigenvalue weighted by molar-refractivity contribution is 0.178. The molecule has 0 aliphatic carbocycles. The second-order valence-electron chi connectivity index (χ2n) is 7.22. The summed E-state index contributed by atoms with van der Waals surface area (Å²) >= 11 is 0. The molecule has 3 aromatic rings. The number of carbonyl (C=O) groups excluding carboxylic acids is 1. The molecule has 1 N–H and O–H groups in total. The monoisotopic (exact) mass is 420 g/mol. The number of carbonyl (C=O) groups is 1. The van der Waals surface area contributed by atoms with E-state index in [9.17, 15) is 4.79 Å². The summed E-state index contributed by atoms with van der Waals surface area (Å²) in [5.74, 6) is 2.57. The summed E-state index contributed by atoms with van der Waals surface area (Å²) < 4.78 is 10.9. The van der Waals surface area contributed by atoms with Crippen LogP contribution in [0.5, 0.6) is 11.5 Å². The molecule has 160 valence electrons. The number of hydrogen-bond acceptors (Lipinski definition) is 8. The molecule has 1 fully saturated rings. The molecule has 0 saturated carbocycles. The van der Waals surface area contributed by atoms with E-state index in [0.717, 1.165) is 17.9 Å². The molecule has 31 heavy (non-hydrogen) atoms. The standard InChI is InChI=1S/C22H24N6O3/c1-4-16-13-30-22(29)28(16)21-26-15(3)25-20(27-21)24-14(2)19-11-10-18(12-23-19)31-17-8-6-5-7-9-17/h5-12,14,16H,4,13H2,1-3H3,(H,24,25,26,27)/t14-,16?/m1/s1. The van der Waals surface area contributed by atoms with Gasteiger partial charge in [0.1, 0.15) is 23.9 Å². The summed E-state index contributed by atoms with van der Waals surface area (Å²) in [6, 6.07) is 13.0. The van der Waals surface area contributed by atoms with Crippen molar-refractivity contribution in [3.05, 3.63) is 60.2 Å². The number of pyridine rings is 1. The van der Waals surface area contributed by atoms with Gasteiger partial charge in [0.25, 0.3) is 0 Å². The molecule has 1 aliphatic heterocycles. The first-order valence-electron chi connectivity index (χ1n) is 10.2. The SMILES string of the molecule is CCC1COC(=O)N1c1nc(C)nc(N[C@H](C)c2ccc(Oc3ccccc3)cn2)n1. The van der Waals surface area contributed by atoms with E-state index in [1.165, 1.54) is 4.90 Å². The quantitative estimate of drug-likeness (QED) is 0.604. The lowest BCUT2D eigenvalue weighted by atomic mass is 10.2. The van der Waals surface area contributed by atoms with Gasteiger partial charge >= 0.3 is 6.09 Å². The van der Waals surface area contributed by atoms with Gasteiger partial charge in [-0.2, -0.15) is 15.0 Å². The van der Waals surface area contributed by atoms with Crippen LogP contribution in [0.4, 0.5) is 16.7 Å². The highest BCUT2D eigenvalue weighted by molar-refractivity contribution is 5.88. The molecule has 9 nitrogen and oxygen atoms in total. The third-order valence-electron chi connectivity index (χ3n) is 4.91. The number of anilines is 2. The fourth-order valence-corrected chi connectivity index (χ4v) is 3.25. The maximum atomic E-state index is 12.1. The van der Waals surface area contributed by atoms with Gasteiger partial charge in [0, 0.05) is 0 Å². The van der Waals surface area contributed by atoms with E-state index in [2.05, 4.69) is 25.3 Å². The van der Waals surface area contributed by atoms with Crippen LogP contribution in [-0.4, -0.2) is 38.7 Å². The Balaban J connectivity index is 1.47. The number of amides is 1. The molecular weight excluding hydrogens is 396 g/mol. The third-order valence-corrected chi connectivity index (χ3v) is 4.91. The number of rotatable bonds is 7. The molecule has 0 radical (unpaired) electrons. The number of nitrogens with one attached hydrogen (secondary N) is 1. The number of aromatic nitrogens is 4. The number of hydrogen-bond donors (Lipinski definition) is 1. The maximum absolute atomic E-state index is 12.1. The molecule has 3 heterocycles. The molecular formula is C22H24N6O3. The molecule has 2 aromatic heterocycles. The Kier molecular flexibility index (Phi) is 5.92. The molecule has 0 spiro atoms. The summed E-state index contributed by atoms with van der Waals surface area (Å²) in [6.07, 6.45) is 1.99. The van der Waals surface area contributed by atoms with E-state index in [0.29, 0.717) is 24.1 Å². The van der Waals surface area contributed by atoms with Gasteiger partial charge in [-0.3, -0.25) is 4.98 Å². The fraction of sp³-hybridized carbons (Fsp3) is 0.318. The lowest BCUT2D eigenvalue weighted by Crippen LogP contribution is -2.34. The molecule has 1 amide bonds. The molecule has 1 unspecified atom stereocenters. The van der Waals surface area contributed by atoms with Crippen molar-refractivity contribution in [2.24, 2.45) is 0 Å². The first kappa shape index (κ1) is 20.5. The first-order chi connectivity index (χ1) is 15.0. The zero-order chi connectivity index (χ0) is 21.8. The fourth-order valence-electron chi connectivity index (χ4n) is 3.25. The van der Waals surface area contributed by atoms with Crippen molar-refractivity contribution in [2.75, 3.05) is 16.8 Å². The molecule has 9 heteroatoms. The minimum Gasteiger partial charge on any atom is -0.456 e. The van der Waals surface area contributed by atoms with E-state index in [-0.39, 0.29) is 18.0 Å². The Morgan fingerprint density at radius 3 is 2.68 bits per heavy atom. The van der Waals surface area contributed by atoms with Crippen molar-refractivity contribution in [3.63, 3.8) is 0 Å². The van der Waals surface area contributed by atoms with E-state index in [1.807, 2.05) is 56.3 Å². The van der Waals surface area contributed by atoms with Gasteiger partial charge < -0.3 is 14.8 Å². The molecule has 1 aliphatic rings. The number of aryl methyl sites for hydroxylation is 1. The smallest absolute Gasteiger partial charge is 0.417 e. The maximum Gasteiger partial charge on any atom is 0.417 e. The molecule has 0 bridgehead atoms. The van der Waals surface area contributed by atoms with E-state index >= 15 is 0 Å². The second-order valence-corrected chi connectivity index (χ2v) is 7.22. The zero-order valence-electron chi connectivity index (χ0n) is 17.6. The first-order valence-corrected chi connectivity index (χ1v) is 10.2. The summed E-state index contributed by atoms with van der Waals surface area (Å²) in [7, 11) is 0. The van der Waals surface area contributed by atoms with Crippen LogP contribution in [0.1, 0.15) is 37.8 Å². The van der Waals surface area contributed by atoms with Gasteiger partial charge in [-0.1, -0.05) is 25.1 Å². The molecule has 1 aromatic carbocycles. The van der Waals surface area contributed by atoms with Gasteiger partial charge in [-0.05, 0) is 44.5 Å². The van der Waals surface area contributed by atoms with Crippen LogP contribution in [0, 0.1) is 6.92 Å². The van der Waals surface area contributed by atoms with Crippen molar-refractivity contribution >= 4 is 18.0 Å². The summed E-state index contributed by atoms with van der Waals surface area (Å²) in [5.41, 5.74) is 0.798. The van der Waals surface area contributed by atoms with E-state index < -0.39 is 6.09 Å². The summed E-state index contributed by atoms with van der Waals surface area (Å²) in [4.78, 5) is 31.2. The largest absolute Gasteiger partial charge is 0.456 e. The predicted molar refractivity (Wildman–Crippen MR) is 115 cm³/mol. The van der Waals surface area contributed by atoms with Gasteiger partial charge in [0.2, 0.25) is 11.9 Å². The normalized spacial score (nSPS) is 16.7. The summed E-state index contributed by atoms with van der Waals surface area (Å²) in [6.45, 7) is 6.04. The van der Waals surface area contributed by atoms with Gasteiger partial charge in [0.05, 0.1) is 24.0 Å². The Labute approximate surface area is 180 Å². The number of cyclic esters (lactones) is 1. The predicted octanol–water partition coefficient (Wildman–Crippen LogP) is 4.28. The van der Waals surface area contributed by atoms with Gasteiger partial charge in [-0.25, -0.2) is 9.69 Å². The Bertz CT molecular complexity index is 1040. The highest BCUT2D eigenvalue weighted by Gasteiger charge is 2.35. The van der Waals surface area contributed by atoms with Gasteiger partial charge in [-0.15, -0.1) is 0 Å². The second kappa shape index (κ2) is 8.95. The molecule has 2 atom stereocenters. The highest BCUT2D eigenvalue weighted by Crippen LogP contribution is 2.25. The average Bonchev–Trinajstić information content (AvgIpc) is 3.15. The summed E-state index contributed by atoms with van der Waals surface area (Å²) in [5, 5.41) is 3.24. The Morgan fingerprint density at radius 1 is 1.16 bits per heavy atom. The Morgan fingerprint density at radius 2 is 1.97 bits per heavy atom. The van der Waals surface area contributed by atoms with Crippen LogP contribution in [0.2, 0.25) is 0 Å². The van der Waals surface area contributed by atoms with E-state index in [4.69, 9.17) is 9.47 Å². The average molecular weight is 420 g/mol. The highest BCUT2D eigenvalue weighted by atomic mass is 16.6. The van der Waals surface area contributed by atoms with Crippen LogP contribution >= 0.6 is 0 Å². The minimum absolute atomic E-state index is 0.0848.